The second-order valence-corrected chi connectivity index (χ2v) is 8.01. The molecular weight excluding hydrogens is 444 g/mol. The number of urea groups is 1. The molecule has 1 fully saturated rings. The van der Waals surface area contributed by atoms with Crippen LogP contribution in [-0.4, -0.2) is 37.6 Å². The normalized spacial score (nSPS) is 17.3. The Balaban J connectivity index is 1.47. The maximum Gasteiger partial charge on any atom is 0.344 e. The number of hydrogen-bond acceptors (Lipinski definition) is 5. The fourth-order valence-electron chi connectivity index (χ4n) is 4.12. The summed E-state index contributed by atoms with van der Waals surface area (Å²) in [5.74, 6) is -1.08. The van der Waals surface area contributed by atoms with E-state index in [0.29, 0.717) is 28.5 Å². The molecule has 0 bridgehead atoms. The van der Waals surface area contributed by atoms with E-state index in [0.717, 1.165) is 5.56 Å². The van der Waals surface area contributed by atoms with E-state index in [-0.39, 0.29) is 5.82 Å². The van der Waals surface area contributed by atoms with Gasteiger partial charge in [0.2, 0.25) is 5.82 Å². The van der Waals surface area contributed by atoms with Gasteiger partial charge in [-0.3, -0.25) is 9.59 Å². The molecule has 3 aromatic carbocycles. The molecule has 35 heavy (non-hydrogen) atoms. The molecule has 0 unspecified atom stereocenters. The van der Waals surface area contributed by atoms with Gasteiger partial charge in [-0.1, -0.05) is 85.8 Å². The number of rotatable bonds is 6. The molecule has 1 aliphatic rings. The molecule has 4 amide bonds. The molecule has 9 nitrogen and oxygen atoms in total. The smallest absolute Gasteiger partial charge is 0.318 e. The largest absolute Gasteiger partial charge is 0.344 e. The monoisotopic (exact) mass is 466 g/mol. The first-order valence-corrected chi connectivity index (χ1v) is 11.1. The Morgan fingerprint density at radius 2 is 1.51 bits per heavy atom. The van der Waals surface area contributed by atoms with Crippen molar-refractivity contribution in [3.8, 4) is 17.1 Å². The van der Waals surface area contributed by atoms with E-state index in [1.165, 1.54) is 0 Å². The third-order valence-corrected chi connectivity index (χ3v) is 5.94. The van der Waals surface area contributed by atoms with Crippen LogP contribution in [0.2, 0.25) is 0 Å². The Labute approximate surface area is 201 Å². The van der Waals surface area contributed by atoms with Gasteiger partial charge >= 0.3 is 11.9 Å². The molecule has 9 heteroatoms. The summed E-state index contributed by atoms with van der Waals surface area (Å²) in [5.41, 5.74) is 3.23. The predicted octanol–water partition coefficient (Wildman–Crippen LogP) is 3.44. The van der Waals surface area contributed by atoms with Gasteiger partial charge in [0.1, 0.15) is 5.54 Å². The first kappa shape index (κ1) is 22.0. The van der Waals surface area contributed by atoms with E-state index in [4.69, 9.17) is 0 Å². The van der Waals surface area contributed by atoms with Gasteiger partial charge in [0.15, 0.2) is 5.82 Å². The van der Waals surface area contributed by atoms with Crippen LogP contribution < -0.4 is 10.7 Å². The van der Waals surface area contributed by atoms with Crippen LogP contribution >= 0.6 is 0 Å². The molecule has 4 aromatic rings. The van der Waals surface area contributed by atoms with Crippen molar-refractivity contribution in [1.82, 2.24) is 30.5 Å². The summed E-state index contributed by atoms with van der Waals surface area (Å²) in [4.78, 5) is 43.6. The number of amides is 4. The molecule has 0 spiro atoms. The van der Waals surface area contributed by atoms with Gasteiger partial charge in [-0.05, 0) is 24.1 Å². The average molecular weight is 467 g/mol. The minimum atomic E-state index is -1.27. The van der Waals surface area contributed by atoms with Gasteiger partial charge in [-0.2, -0.15) is 5.01 Å². The van der Waals surface area contributed by atoms with Gasteiger partial charge in [0, 0.05) is 5.56 Å². The Bertz CT molecular complexity index is 1330. The average Bonchev–Trinajstić information content (AvgIpc) is 3.46. The van der Waals surface area contributed by atoms with Crippen LogP contribution in [0, 0.1) is 0 Å². The van der Waals surface area contributed by atoms with Crippen molar-refractivity contribution in [3.63, 3.8) is 0 Å². The van der Waals surface area contributed by atoms with Crippen molar-refractivity contribution >= 4 is 17.8 Å². The Morgan fingerprint density at radius 1 is 0.914 bits per heavy atom. The van der Waals surface area contributed by atoms with Crippen molar-refractivity contribution in [2.24, 2.45) is 0 Å². The zero-order valence-corrected chi connectivity index (χ0v) is 18.9. The molecule has 1 saturated heterocycles. The number of benzene rings is 3. The number of para-hydroxylation sites is 1. The Morgan fingerprint density at radius 3 is 2.14 bits per heavy atom. The molecule has 1 aliphatic heterocycles. The number of carbonyl (C=O) groups is 3. The lowest BCUT2D eigenvalue weighted by Crippen LogP contribution is -2.48. The summed E-state index contributed by atoms with van der Waals surface area (Å²) in [7, 11) is 0. The number of nitrogens with one attached hydrogen (secondary N) is 2. The lowest BCUT2D eigenvalue weighted by molar-refractivity contribution is -0.133. The van der Waals surface area contributed by atoms with Crippen LogP contribution in [0.15, 0.2) is 91.0 Å². The van der Waals surface area contributed by atoms with Crippen molar-refractivity contribution in [3.05, 3.63) is 102 Å². The predicted molar refractivity (Wildman–Crippen MR) is 128 cm³/mol. The lowest BCUT2D eigenvalue weighted by atomic mass is 9.87. The van der Waals surface area contributed by atoms with Crippen molar-refractivity contribution in [1.29, 1.82) is 0 Å². The summed E-state index contributed by atoms with van der Waals surface area (Å²) in [5, 5.41) is 7.82. The standard InChI is InChI=1S/C26H22N6O3/c1-2-26(19-14-8-4-9-15-19)24(34)32(25(35)28-26)30-23(33)21-27-22(18-12-6-3-7-13-18)31(29-21)20-16-10-5-11-17-20/h3-17H,2H2,1H3,(H,28,35)(H,30,33)/t26-/m0/s1. The highest BCUT2D eigenvalue weighted by atomic mass is 16.2. The Hall–Kier alpha value is -4.79. The molecule has 2 N–H and O–H groups in total. The lowest BCUT2D eigenvalue weighted by Gasteiger charge is -2.25. The number of aromatic nitrogens is 3. The van der Waals surface area contributed by atoms with E-state index >= 15 is 0 Å². The highest BCUT2D eigenvalue weighted by Gasteiger charge is 2.52. The summed E-state index contributed by atoms with van der Waals surface area (Å²) in [6, 6.07) is 26.8. The minimum Gasteiger partial charge on any atom is -0.318 e. The van der Waals surface area contributed by atoms with Crippen LogP contribution in [-0.2, 0) is 10.3 Å². The zero-order valence-electron chi connectivity index (χ0n) is 18.9. The number of hydrazine groups is 1. The molecule has 174 valence electrons. The van der Waals surface area contributed by atoms with E-state index in [1.54, 1.807) is 35.9 Å². The third kappa shape index (κ3) is 3.82. The van der Waals surface area contributed by atoms with Gasteiger partial charge in [-0.15, -0.1) is 5.10 Å². The summed E-state index contributed by atoms with van der Waals surface area (Å²) in [6.45, 7) is 1.80. The molecular formula is C26H22N6O3. The van der Waals surface area contributed by atoms with E-state index < -0.39 is 23.4 Å². The first-order valence-electron chi connectivity index (χ1n) is 11.1. The van der Waals surface area contributed by atoms with E-state index in [1.807, 2.05) is 66.7 Å². The molecule has 0 radical (unpaired) electrons. The quantitative estimate of drug-likeness (QED) is 0.423. The number of nitrogens with zero attached hydrogens (tertiary/aromatic N) is 4. The Kier molecular flexibility index (Phi) is 5.58. The SMILES string of the molecule is CC[C@@]1(c2ccccc2)NC(=O)N(NC(=O)c2nc(-c3ccccc3)n(-c3ccccc3)n2)C1=O. The van der Waals surface area contributed by atoms with E-state index in [9.17, 15) is 14.4 Å². The molecule has 5 rings (SSSR count). The maximum atomic E-state index is 13.3. The highest BCUT2D eigenvalue weighted by Crippen LogP contribution is 2.31. The minimum absolute atomic E-state index is 0.179. The van der Waals surface area contributed by atoms with Gasteiger partial charge in [-0.25, -0.2) is 19.9 Å². The maximum absolute atomic E-state index is 13.3. The number of hydrogen-bond donors (Lipinski definition) is 2. The van der Waals surface area contributed by atoms with Gasteiger partial charge in [0.05, 0.1) is 5.69 Å². The third-order valence-electron chi connectivity index (χ3n) is 5.94. The second-order valence-electron chi connectivity index (χ2n) is 8.01. The molecule has 0 saturated carbocycles. The van der Waals surface area contributed by atoms with Crippen molar-refractivity contribution in [2.45, 2.75) is 18.9 Å². The number of imide groups is 1. The van der Waals surface area contributed by atoms with Crippen LogP contribution in [0.5, 0.6) is 0 Å². The summed E-state index contributed by atoms with van der Waals surface area (Å²) < 4.78 is 1.55. The van der Waals surface area contributed by atoms with Gasteiger partial charge < -0.3 is 5.32 Å². The molecule has 1 atom stereocenters. The summed E-state index contributed by atoms with van der Waals surface area (Å²) >= 11 is 0. The topological polar surface area (TPSA) is 109 Å². The zero-order chi connectivity index (χ0) is 24.4. The molecule has 1 aromatic heterocycles. The fourth-order valence-corrected chi connectivity index (χ4v) is 4.12. The van der Waals surface area contributed by atoms with Crippen molar-refractivity contribution < 1.29 is 14.4 Å². The van der Waals surface area contributed by atoms with Gasteiger partial charge in [0.25, 0.3) is 5.91 Å². The van der Waals surface area contributed by atoms with Crippen LogP contribution in [0.4, 0.5) is 4.79 Å². The second kappa shape index (κ2) is 8.86. The molecule has 2 heterocycles. The van der Waals surface area contributed by atoms with Crippen molar-refractivity contribution in [2.75, 3.05) is 0 Å². The van der Waals surface area contributed by atoms with Crippen LogP contribution in [0.25, 0.3) is 17.1 Å². The first-order chi connectivity index (χ1) is 17.0. The summed E-state index contributed by atoms with van der Waals surface area (Å²) in [6.07, 6.45) is 0.312. The van der Waals surface area contributed by atoms with Crippen LogP contribution in [0.3, 0.4) is 0 Å². The molecule has 0 aliphatic carbocycles. The van der Waals surface area contributed by atoms with E-state index in [2.05, 4.69) is 20.8 Å². The number of carbonyl (C=O) groups excluding carboxylic acids is 3. The van der Waals surface area contributed by atoms with Crippen LogP contribution in [0.1, 0.15) is 29.5 Å². The highest BCUT2D eigenvalue weighted by molar-refractivity contribution is 6.09. The fraction of sp³-hybridized carbons (Fsp3) is 0.115.